The molecule has 1 N–H and O–H groups in total. The number of amides is 1. The first-order chi connectivity index (χ1) is 16.9. The van der Waals surface area contributed by atoms with Crippen LogP contribution in [0, 0.1) is 0 Å². The monoisotopic (exact) mass is 498 g/mol. The molecule has 1 amide bonds. The molecule has 3 aromatic rings. The summed E-state index contributed by atoms with van der Waals surface area (Å²) in [5, 5.41) is 7.03. The van der Waals surface area contributed by atoms with Gasteiger partial charge in [-0.2, -0.15) is 9.40 Å². The SMILES string of the molecule is CCN(CC)c1ccc(S(=O)(=O)N2CCOCC2)cc1NC(=O)c1ccc(Cn2cncn2)cc1. The molecule has 1 aliphatic rings. The van der Waals surface area contributed by atoms with Crippen LogP contribution in [0.2, 0.25) is 0 Å². The zero-order valence-corrected chi connectivity index (χ0v) is 20.7. The third-order valence-electron chi connectivity index (χ3n) is 5.96. The second kappa shape index (κ2) is 11.0. The number of aromatic nitrogens is 3. The van der Waals surface area contributed by atoms with Gasteiger partial charge in [-0.1, -0.05) is 12.1 Å². The molecule has 1 aliphatic heterocycles. The molecular formula is C24H30N6O4S. The summed E-state index contributed by atoms with van der Waals surface area (Å²) in [6, 6.07) is 12.1. The predicted octanol–water partition coefficient (Wildman–Crippen LogP) is 2.45. The van der Waals surface area contributed by atoms with Gasteiger partial charge in [0.25, 0.3) is 5.91 Å². The van der Waals surface area contributed by atoms with Crippen LogP contribution in [0.3, 0.4) is 0 Å². The molecule has 11 heteroatoms. The van der Waals surface area contributed by atoms with Gasteiger partial charge < -0.3 is 15.0 Å². The number of anilines is 2. The number of rotatable bonds is 9. The van der Waals surface area contributed by atoms with E-state index in [0.717, 1.165) is 11.3 Å². The van der Waals surface area contributed by atoms with E-state index in [-0.39, 0.29) is 10.8 Å². The number of hydrogen-bond donors (Lipinski definition) is 1. The maximum atomic E-state index is 13.2. The summed E-state index contributed by atoms with van der Waals surface area (Å²) in [5.41, 5.74) is 2.68. The fraction of sp³-hybridized carbons (Fsp3) is 0.375. The van der Waals surface area contributed by atoms with Crippen molar-refractivity contribution < 1.29 is 17.9 Å². The van der Waals surface area contributed by atoms with Crippen molar-refractivity contribution in [1.82, 2.24) is 19.1 Å². The normalized spacial score (nSPS) is 14.6. The Bertz CT molecular complexity index is 1240. The number of hydrogen-bond acceptors (Lipinski definition) is 7. The second-order valence-corrected chi connectivity index (χ2v) is 10.0. The van der Waals surface area contributed by atoms with Gasteiger partial charge in [-0.05, 0) is 49.7 Å². The fourth-order valence-corrected chi connectivity index (χ4v) is 5.44. The number of sulfonamides is 1. The van der Waals surface area contributed by atoms with Crippen molar-refractivity contribution in [2.75, 3.05) is 49.6 Å². The minimum absolute atomic E-state index is 0.147. The maximum Gasteiger partial charge on any atom is 0.255 e. The van der Waals surface area contributed by atoms with Crippen molar-refractivity contribution >= 4 is 27.3 Å². The van der Waals surface area contributed by atoms with Gasteiger partial charge in [0, 0.05) is 31.7 Å². The predicted molar refractivity (Wildman–Crippen MR) is 133 cm³/mol. The van der Waals surface area contributed by atoms with Crippen molar-refractivity contribution in [3.05, 3.63) is 66.2 Å². The van der Waals surface area contributed by atoms with Crippen LogP contribution in [0.4, 0.5) is 11.4 Å². The van der Waals surface area contributed by atoms with E-state index in [2.05, 4.69) is 20.3 Å². The molecule has 2 aromatic carbocycles. The van der Waals surface area contributed by atoms with E-state index < -0.39 is 10.0 Å². The highest BCUT2D eigenvalue weighted by molar-refractivity contribution is 7.89. The first-order valence-electron chi connectivity index (χ1n) is 11.6. The molecule has 0 aliphatic carbocycles. The minimum atomic E-state index is -3.70. The lowest BCUT2D eigenvalue weighted by Gasteiger charge is -2.28. The number of nitrogens with one attached hydrogen (secondary N) is 1. The first kappa shape index (κ1) is 24.8. The maximum absolute atomic E-state index is 13.2. The molecule has 1 aromatic heterocycles. The highest BCUT2D eigenvalue weighted by atomic mass is 32.2. The highest BCUT2D eigenvalue weighted by Gasteiger charge is 2.27. The van der Waals surface area contributed by atoms with Crippen molar-refractivity contribution in [1.29, 1.82) is 0 Å². The molecule has 2 heterocycles. The van der Waals surface area contributed by atoms with Gasteiger partial charge in [-0.15, -0.1) is 0 Å². The minimum Gasteiger partial charge on any atom is -0.379 e. The van der Waals surface area contributed by atoms with Crippen LogP contribution in [0.25, 0.3) is 0 Å². The van der Waals surface area contributed by atoms with Gasteiger partial charge in [0.2, 0.25) is 10.0 Å². The molecule has 0 radical (unpaired) electrons. The summed E-state index contributed by atoms with van der Waals surface area (Å²) in [6.45, 7) is 7.36. The number of carbonyl (C=O) groups is 1. The molecule has 0 atom stereocenters. The summed E-state index contributed by atoms with van der Waals surface area (Å²) < 4.78 is 34.8. The summed E-state index contributed by atoms with van der Waals surface area (Å²) in [7, 11) is -3.70. The Hall–Kier alpha value is -3.28. The van der Waals surface area contributed by atoms with Gasteiger partial charge in [-0.25, -0.2) is 18.1 Å². The first-order valence-corrected chi connectivity index (χ1v) is 13.1. The van der Waals surface area contributed by atoms with Gasteiger partial charge in [0.1, 0.15) is 12.7 Å². The third kappa shape index (κ3) is 5.69. The zero-order chi connectivity index (χ0) is 24.8. The van der Waals surface area contributed by atoms with Crippen LogP contribution in [0.5, 0.6) is 0 Å². The Labute approximate surface area is 205 Å². The van der Waals surface area contributed by atoms with E-state index in [1.165, 1.54) is 10.6 Å². The quantitative estimate of drug-likeness (QED) is 0.483. The largest absolute Gasteiger partial charge is 0.379 e. The Balaban J connectivity index is 1.59. The van der Waals surface area contributed by atoms with Crippen molar-refractivity contribution in [3.63, 3.8) is 0 Å². The van der Waals surface area contributed by atoms with E-state index in [1.807, 2.05) is 26.0 Å². The van der Waals surface area contributed by atoms with Gasteiger partial charge >= 0.3 is 0 Å². The average Bonchev–Trinajstić information content (AvgIpc) is 3.39. The van der Waals surface area contributed by atoms with Crippen LogP contribution in [-0.4, -0.2) is 72.8 Å². The van der Waals surface area contributed by atoms with Crippen molar-refractivity contribution in [2.24, 2.45) is 0 Å². The Morgan fingerprint density at radius 3 is 2.43 bits per heavy atom. The molecule has 1 fully saturated rings. The molecule has 4 rings (SSSR count). The molecule has 0 spiro atoms. The van der Waals surface area contributed by atoms with E-state index in [4.69, 9.17) is 4.74 Å². The average molecular weight is 499 g/mol. The topological polar surface area (TPSA) is 110 Å². The number of benzene rings is 2. The van der Waals surface area contributed by atoms with Gasteiger partial charge in [-0.3, -0.25) is 4.79 Å². The van der Waals surface area contributed by atoms with Crippen molar-refractivity contribution in [3.8, 4) is 0 Å². The lowest BCUT2D eigenvalue weighted by atomic mass is 10.1. The number of nitrogens with zero attached hydrogens (tertiary/aromatic N) is 5. The summed E-state index contributed by atoms with van der Waals surface area (Å²) >= 11 is 0. The molecule has 10 nitrogen and oxygen atoms in total. The lowest BCUT2D eigenvalue weighted by Crippen LogP contribution is -2.40. The van der Waals surface area contributed by atoms with E-state index in [9.17, 15) is 13.2 Å². The Kier molecular flexibility index (Phi) is 7.79. The standard InChI is InChI=1S/C24H30N6O4S/c1-3-28(4-2)23-10-9-21(35(32,33)30-11-13-34-14-12-30)15-22(23)27-24(31)20-7-5-19(6-8-20)16-29-18-25-17-26-29/h5-10,15,17-18H,3-4,11-14,16H2,1-2H3,(H,27,31). The van der Waals surface area contributed by atoms with E-state index in [1.54, 1.807) is 41.3 Å². The number of ether oxygens (including phenoxy) is 1. The zero-order valence-electron chi connectivity index (χ0n) is 19.9. The third-order valence-corrected chi connectivity index (χ3v) is 7.85. The Morgan fingerprint density at radius 2 is 1.80 bits per heavy atom. The summed E-state index contributed by atoms with van der Waals surface area (Å²) in [5.74, 6) is -0.313. The molecular weight excluding hydrogens is 468 g/mol. The highest BCUT2D eigenvalue weighted by Crippen LogP contribution is 2.31. The second-order valence-electron chi connectivity index (χ2n) is 8.11. The van der Waals surface area contributed by atoms with E-state index >= 15 is 0 Å². The van der Waals surface area contributed by atoms with Crippen molar-refractivity contribution in [2.45, 2.75) is 25.3 Å². The van der Waals surface area contributed by atoms with Crippen LogP contribution in [-0.2, 0) is 21.3 Å². The summed E-state index contributed by atoms with van der Waals surface area (Å²) in [6.07, 6.45) is 3.11. The number of morpholine rings is 1. The molecule has 0 bridgehead atoms. The Morgan fingerprint density at radius 1 is 1.09 bits per heavy atom. The van der Waals surface area contributed by atoms with Gasteiger partial charge in [0.05, 0.1) is 36.0 Å². The van der Waals surface area contributed by atoms with Crippen LogP contribution in [0.15, 0.2) is 60.0 Å². The van der Waals surface area contributed by atoms with Crippen LogP contribution < -0.4 is 10.2 Å². The molecule has 35 heavy (non-hydrogen) atoms. The van der Waals surface area contributed by atoms with Crippen LogP contribution >= 0.6 is 0 Å². The smallest absolute Gasteiger partial charge is 0.255 e. The molecule has 186 valence electrons. The van der Waals surface area contributed by atoms with E-state index in [0.29, 0.717) is 57.2 Å². The summed E-state index contributed by atoms with van der Waals surface area (Å²) in [4.78, 5) is 19.3. The van der Waals surface area contributed by atoms with Gasteiger partial charge in [0.15, 0.2) is 0 Å². The molecule has 0 saturated carbocycles. The number of carbonyl (C=O) groups excluding carboxylic acids is 1. The van der Waals surface area contributed by atoms with Crippen LogP contribution in [0.1, 0.15) is 29.8 Å². The lowest BCUT2D eigenvalue weighted by molar-refractivity contribution is 0.0730. The fourth-order valence-electron chi connectivity index (χ4n) is 4.01. The molecule has 1 saturated heterocycles. The molecule has 0 unspecified atom stereocenters.